The van der Waals surface area contributed by atoms with E-state index in [1.165, 1.54) is 6.92 Å². The number of thiol groups is 1. The van der Waals surface area contributed by atoms with Crippen molar-refractivity contribution in [3.05, 3.63) is 0 Å². The Labute approximate surface area is 97.5 Å². The van der Waals surface area contributed by atoms with E-state index in [1.54, 1.807) is 0 Å². The highest BCUT2D eigenvalue weighted by atomic mass is 32.1. The van der Waals surface area contributed by atoms with Gasteiger partial charge in [0.25, 0.3) is 0 Å². The summed E-state index contributed by atoms with van der Waals surface area (Å²) in [6.45, 7) is 1.21. The van der Waals surface area contributed by atoms with Crippen molar-refractivity contribution in [3.63, 3.8) is 0 Å². The quantitative estimate of drug-likeness (QED) is 0.482. The normalized spacial score (nSPS) is 12.7. The van der Waals surface area contributed by atoms with E-state index < -0.39 is 22.7 Å². The van der Waals surface area contributed by atoms with Crippen LogP contribution in [-0.4, -0.2) is 38.5 Å². The molecule has 2 N–H and O–H groups in total. The van der Waals surface area contributed by atoms with Gasteiger partial charge in [-0.3, -0.25) is 4.79 Å². The van der Waals surface area contributed by atoms with Crippen LogP contribution >= 0.6 is 37.1 Å². The van der Waals surface area contributed by atoms with Crippen molar-refractivity contribution in [2.45, 2.75) is 17.7 Å². The maximum Gasteiger partial charge on any atom is 0.328 e. The van der Waals surface area contributed by atoms with Crippen LogP contribution in [-0.2, 0) is 9.59 Å². The van der Waals surface area contributed by atoms with E-state index in [0.717, 1.165) is 10.7 Å². The van der Waals surface area contributed by atoms with Crippen molar-refractivity contribution in [2.24, 2.45) is 0 Å². The number of carbonyl (C=O) groups is 2. The molecule has 0 aliphatic rings. The van der Waals surface area contributed by atoms with Gasteiger partial charge in [0.15, 0.2) is 0 Å². The zero-order valence-corrected chi connectivity index (χ0v) is 9.79. The van der Waals surface area contributed by atoms with Gasteiger partial charge in [-0.25, -0.2) is 4.79 Å². The first-order valence-corrected chi connectivity index (χ1v) is 4.91. The number of amides is 1. The van der Waals surface area contributed by atoms with Crippen LogP contribution in [0.4, 0.5) is 0 Å². The number of nitrogens with one attached hydrogen (secondary N) is 1. The second-order valence-electron chi connectivity index (χ2n) is 2.59. The average Bonchev–Trinajstić information content (AvgIpc) is 2.12. The van der Waals surface area contributed by atoms with E-state index in [-0.39, 0.29) is 0 Å². The highest BCUT2D eigenvalue weighted by molar-refractivity contribution is 7.90. The molecule has 0 aliphatic heterocycles. The summed E-state index contributed by atoms with van der Waals surface area (Å²) in [5, 5.41) is 13.3. The van der Waals surface area contributed by atoms with Gasteiger partial charge in [-0.2, -0.15) is 12.6 Å². The number of carboxylic acids is 1. The lowest BCUT2D eigenvalue weighted by Gasteiger charge is -2.26. The Morgan fingerprint density at radius 2 is 1.93 bits per heavy atom. The molecule has 1 amide bonds. The van der Waals surface area contributed by atoms with Gasteiger partial charge >= 0.3 is 5.97 Å². The van der Waals surface area contributed by atoms with Crippen molar-refractivity contribution in [3.8, 4) is 0 Å². The first-order valence-electron chi connectivity index (χ1n) is 3.52. The summed E-state index contributed by atoms with van der Waals surface area (Å²) in [5.74, 6) is -1.72. The molecule has 1 unspecified atom stereocenters. The van der Waals surface area contributed by atoms with Gasteiger partial charge < -0.3 is 10.4 Å². The van der Waals surface area contributed by atoms with Crippen LogP contribution in [0.3, 0.4) is 0 Å². The minimum absolute atomic E-state index is 0.482. The van der Waals surface area contributed by atoms with E-state index in [9.17, 15) is 9.59 Å². The fourth-order valence-electron chi connectivity index (χ4n) is 0.742. The number of hydrogen-bond acceptors (Lipinski definition) is 5. The molecule has 0 fully saturated rings. The fraction of sp³-hybridized carbons (Fsp3) is 0.429. The van der Waals surface area contributed by atoms with Gasteiger partial charge in [-0.15, -0.1) is 0 Å². The predicted molar refractivity (Wildman–Crippen MR) is 64.3 cm³/mol. The van der Waals surface area contributed by atoms with E-state index in [1.807, 2.05) is 0 Å². The molecule has 0 rings (SSSR count). The van der Waals surface area contributed by atoms with Crippen molar-refractivity contribution in [1.82, 2.24) is 5.32 Å². The molecular formula is C7H9NO3S3. The minimum Gasteiger partial charge on any atom is -0.480 e. The molecule has 0 aliphatic carbocycles. The monoisotopic (exact) mass is 251 g/mol. The van der Waals surface area contributed by atoms with Crippen molar-refractivity contribution >= 4 is 59.7 Å². The van der Waals surface area contributed by atoms with E-state index in [0.29, 0.717) is 0 Å². The Morgan fingerprint density at radius 1 is 1.50 bits per heavy atom. The molecule has 7 heteroatoms. The maximum absolute atomic E-state index is 10.8. The smallest absolute Gasteiger partial charge is 0.328 e. The molecule has 78 valence electrons. The standard InChI is InChI=1S/C7H9NO3S3/c1-4(9)8-5(6(10)11)7(14,2-12)3-13/h2-3,5,14H,1H3,(H,8,9)(H,10,11). The fourth-order valence-corrected chi connectivity index (χ4v) is 1.41. The lowest BCUT2D eigenvalue weighted by Crippen LogP contribution is -2.55. The molecule has 0 saturated carbocycles. The molecule has 0 radical (unpaired) electrons. The number of thiocarbonyl (C=S) groups is 2. The summed E-state index contributed by atoms with van der Waals surface area (Å²) in [5.41, 5.74) is 0. The molecule has 0 spiro atoms. The third kappa shape index (κ3) is 3.32. The van der Waals surface area contributed by atoms with Crippen LogP contribution in [0.2, 0.25) is 0 Å². The van der Waals surface area contributed by atoms with Crippen LogP contribution < -0.4 is 5.32 Å². The number of hydrogen-bond donors (Lipinski definition) is 3. The maximum atomic E-state index is 10.8. The van der Waals surface area contributed by atoms with Crippen molar-refractivity contribution in [1.29, 1.82) is 0 Å². The predicted octanol–water partition coefficient (Wildman–Crippen LogP) is 0.244. The van der Waals surface area contributed by atoms with Crippen LogP contribution in [0.15, 0.2) is 0 Å². The minimum atomic E-state index is -1.30. The third-order valence-electron chi connectivity index (χ3n) is 1.43. The highest BCUT2D eigenvalue weighted by Gasteiger charge is 2.37. The Balaban J connectivity index is 4.97. The van der Waals surface area contributed by atoms with Gasteiger partial charge in [0, 0.05) is 17.7 Å². The van der Waals surface area contributed by atoms with E-state index >= 15 is 0 Å². The van der Waals surface area contributed by atoms with Crippen LogP contribution in [0.1, 0.15) is 6.92 Å². The molecule has 14 heavy (non-hydrogen) atoms. The topological polar surface area (TPSA) is 66.4 Å². The number of rotatable bonds is 5. The van der Waals surface area contributed by atoms with Crippen molar-refractivity contribution < 1.29 is 14.7 Å². The molecule has 0 aromatic heterocycles. The molecule has 0 aromatic carbocycles. The van der Waals surface area contributed by atoms with Gasteiger partial charge in [-0.05, 0) is 0 Å². The Morgan fingerprint density at radius 3 is 2.14 bits per heavy atom. The number of aliphatic carboxylic acids is 1. The third-order valence-corrected chi connectivity index (χ3v) is 3.08. The molecule has 0 aromatic rings. The largest absolute Gasteiger partial charge is 0.480 e. The zero-order valence-electron chi connectivity index (χ0n) is 7.26. The first-order chi connectivity index (χ1) is 6.37. The molecule has 4 nitrogen and oxygen atoms in total. The molecule has 0 heterocycles. The number of carboxylic acid groups (broad SMARTS) is 1. The van der Waals surface area contributed by atoms with E-state index in [4.69, 9.17) is 5.11 Å². The second-order valence-corrected chi connectivity index (χ2v) is 3.84. The SMILES string of the molecule is CC(=O)NC(C(=O)O)C(S)(C=S)C=S. The van der Waals surface area contributed by atoms with Crippen LogP contribution in [0, 0.1) is 0 Å². The lowest BCUT2D eigenvalue weighted by molar-refractivity contribution is -0.141. The highest BCUT2D eigenvalue weighted by Crippen LogP contribution is 2.16. The second kappa shape index (κ2) is 5.38. The average molecular weight is 251 g/mol. The summed E-state index contributed by atoms with van der Waals surface area (Å²) in [7, 11) is 0. The Kier molecular flexibility index (Phi) is 5.17. The summed E-state index contributed by atoms with van der Waals surface area (Å²) in [6, 6.07) is -1.25. The first kappa shape index (κ1) is 13.5. The van der Waals surface area contributed by atoms with Gasteiger partial charge in [0.1, 0.15) is 10.8 Å². The molecule has 1 atom stereocenters. The molecular weight excluding hydrogens is 242 g/mol. The zero-order chi connectivity index (χ0) is 11.4. The van der Waals surface area contributed by atoms with Crippen molar-refractivity contribution in [2.75, 3.05) is 0 Å². The van der Waals surface area contributed by atoms with Crippen LogP contribution in [0.5, 0.6) is 0 Å². The summed E-state index contributed by atoms with van der Waals surface area (Å²) >= 11 is 13.3. The van der Waals surface area contributed by atoms with Gasteiger partial charge in [-0.1, -0.05) is 24.4 Å². The lowest BCUT2D eigenvalue weighted by atomic mass is 10.0. The van der Waals surface area contributed by atoms with Gasteiger partial charge in [0.2, 0.25) is 5.91 Å². The van der Waals surface area contributed by atoms with E-state index in [2.05, 4.69) is 42.4 Å². The summed E-state index contributed by atoms with van der Waals surface area (Å²) in [4.78, 5) is 21.5. The molecule has 0 saturated heterocycles. The Hall–Kier alpha value is -0.530. The van der Waals surface area contributed by atoms with Crippen LogP contribution in [0.25, 0.3) is 0 Å². The Bertz CT molecular complexity index is 271. The summed E-state index contributed by atoms with van der Waals surface area (Å²) < 4.78 is -1.30. The molecule has 0 bridgehead atoms. The summed E-state index contributed by atoms with van der Waals surface area (Å²) in [6.07, 6.45) is 0. The van der Waals surface area contributed by atoms with Gasteiger partial charge in [0.05, 0.1) is 0 Å². The number of carbonyl (C=O) groups excluding carboxylic acids is 1.